The fraction of sp³-hybridized carbons (Fsp3) is 0.370. The second kappa shape index (κ2) is 13.3. The van der Waals surface area contributed by atoms with Crippen molar-refractivity contribution in [3.8, 4) is 11.1 Å². The first kappa shape index (κ1) is 34.9. The molecule has 6 aliphatic carbocycles. The molecule has 4 bridgehead atoms. The van der Waals surface area contributed by atoms with Crippen molar-refractivity contribution in [2.45, 2.75) is 81.3 Å². The fourth-order valence-electron chi connectivity index (χ4n) is 10.7. The van der Waals surface area contributed by atoms with Crippen LogP contribution in [0.5, 0.6) is 0 Å². The number of allylic oxidation sites excluding steroid dienone is 4. The van der Waals surface area contributed by atoms with E-state index in [1.165, 1.54) is 71.9 Å². The maximum atomic E-state index is 2.68. The molecule has 3 heteroatoms. The number of halogens is 2. The van der Waals surface area contributed by atoms with Gasteiger partial charge in [-0.25, -0.2) is 0 Å². The van der Waals surface area contributed by atoms with Crippen LogP contribution in [-0.2, 0) is 28.2 Å². The Labute approximate surface area is 312 Å². The van der Waals surface area contributed by atoms with Gasteiger partial charge in [0.2, 0.25) is 0 Å². The molecule has 0 heterocycles. The Bertz CT molecular complexity index is 1830. The first-order chi connectivity index (χ1) is 22.8. The first-order valence-corrected chi connectivity index (χ1v) is 20.8. The summed E-state index contributed by atoms with van der Waals surface area (Å²) >= 11 is -1.97. The van der Waals surface area contributed by atoms with Crippen molar-refractivity contribution < 1.29 is 42.2 Å². The number of benzene rings is 4. The predicted molar refractivity (Wildman–Crippen MR) is 195 cm³/mol. The standard InChI is InChI=1S/C31H29.C10H14.C5H5.2ClH.Ti/c1-30(2,24-11-7-5-8-12-24)26-15-17-28-22(20-26)19-23-21-27(16-18-29(23)28)31(3,4)25-13-9-6-10-14-25;1-7-2-9-4-8(1)5-10(3-7)6-9;1-2-4-5-3-1;;;/h5-21H,1-4H3;7-10H,1-5H2;1-3H,4H2;2*1H;/q;;;;;+2/p-2. The van der Waals surface area contributed by atoms with Crippen LogP contribution < -0.4 is 24.8 Å². The summed E-state index contributed by atoms with van der Waals surface area (Å²) in [5.41, 5.74) is 11.9. The number of rotatable bonds is 6. The zero-order valence-electron chi connectivity index (χ0n) is 29.4. The Balaban J connectivity index is 0.00000189. The van der Waals surface area contributed by atoms with Crippen LogP contribution in [0.25, 0.3) is 11.1 Å². The van der Waals surface area contributed by atoms with E-state index in [0.29, 0.717) is 4.22 Å². The maximum Gasteiger partial charge on any atom is -1.00 e. The fourth-order valence-corrected chi connectivity index (χ4v) is 17.2. The molecule has 0 aliphatic heterocycles. The summed E-state index contributed by atoms with van der Waals surface area (Å²) in [7, 11) is 0. The minimum atomic E-state index is -1.97. The quantitative estimate of drug-likeness (QED) is 0.231. The molecule has 0 unspecified atom stereocenters. The molecule has 250 valence electrons. The van der Waals surface area contributed by atoms with Crippen LogP contribution in [0, 0.1) is 23.7 Å². The summed E-state index contributed by atoms with van der Waals surface area (Å²) < 4.78 is 4.46. The number of fused-ring (bicyclic) bond motifs is 3. The van der Waals surface area contributed by atoms with E-state index < -0.39 is 17.4 Å². The summed E-state index contributed by atoms with van der Waals surface area (Å²) in [6, 6.07) is 37.6. The predicted octanol–water partition coefficient (Wildman–Crippen LogP) is 5.51. The van der Waals surface area contributed by atoms with Gasteiger partial charge in [0.1, 0.15) is 0 Å². The molecular formula is C46H48Cl2Ti. The van der Waals surface area contributed by atoms with Crippen molar-refractivity contribution in [1.29, 1.82) is 0 Å². The third kappa shape index (κ3) is 5.74. The molecule has 0 N–H and O–H groups in total. The SMILES string of the molecule is CC(C)(c1ccccc1)c1ccc2c(c1)[CH]([Ti+2]([C]1=CC=CC1)=[C]1C3CC4CC(C3)CC1C4)c1cc(C(C)(C)c3ccccc3)ccc1-2.[Cl-].[Cl-]. The van der Waals surface area contributed by atoms with Crippen molar-refractivity contribution >= 4 is 3.81 Å². The van der Waals surface area contributed by atoms with Gasteiger partial charge in [-0.1, -0.05) is 0 Å². The van der Waals surface area contributed by atoms with Gasteiger partial charge in [-0.3, -0.25) is 0 Å². The Hall–Kier alpha value is -2.48. The van der Waals surface area contributed by atoms with Crippen LogP contribution >= 0.6 is 0 Å². The minimum absolute atomic E-state index is 0. The molecule has 10 rings (SSSR count). The molecule has 0 radical (unpaired) electrons. The summed E-state index contributed by atoms with van der Waals surface area (Å²) in [5, 5.41) is 0. The molecule has 0 saturated heterocycles. The zero-order chi connectivity index (χ0) is 31.9. The molecule has 0 nitrogen and oxygen atoms in total. The summed E-state index contributed by atoms with van der Waals surface area (Å²) in [6.07, 6.45) is 16.0. The number of hydrogen-bond donors (Lipinski definition) is 0. The smallest absolute Gasteiger partial charge is 1.00 e. The molecule has 0 atom stereocenters. The van der Waals surface area contributed by atoms with Crippen LogP contribution in [-0.4, -0.2) is 3.81 Å². The van der Waals surface area contributed by atoms with Gasteiger partial charge in [0.25, 0.3) is 0 Å². The van der Waals surface area contributed by atoms with Gasteiger partial charge in [-0.15, -0.1) is 0 Å². The van der Waals surface area contributed by atoms with Crippen molar-refractivity contribution in [2.24, 2.45) is 23.7 Å². The van der Waals surface area contributed by atoms with Gasteiger partial charge in [0.15, 0.2) is 0 Å². The van der Waals surface area contributed by atoms with Gasteiger partial charge >= 0.3 is 290 Å². The molecular weight excluding hydrogens is 671 g/mol. The zero-order valence-corrected chi connectivity index (χ0v) is 32.4. The van der Waals surface area contributed by atoms with E-state index in [9.17, 15) is 0 Å². The van der Waals surface area contributed by atoms with Crippen LogP contribution in [0.1, 0.15) is 104 Å². The van der Waals surface area contributed by atoms with E-state index in [1.807, 2.05) is 3.88 Å². The normalized spacial score (nSPS) is 23.2. The molecule has 4 saturated carbocycles. The van der Waals surface area contributed by atoms with E-state index in [0.717, 1.165) is 23.7 Å². The monoisotopic (exact) mass is 718 g/mol. The van der Waals surface area contributed by atoms with Crippen LogP contribution in [0.3, 0.4) is 0 Å². The van der Waals surface area contributed by atoms with Crippen LogP contribution in [0.4, 0.5) is 0 Å². The van der Waals surface area contributed by atoms with E-state index in [2.05, 4.69) is 147 Å². The van der Waals surface area contributed by atoms with Gasteiger partial charge in [0.05, 0.1) is 0 Å². The molecule has 0 spiro atoms. The molecule has 6 aliphatic rings. The molecule has 49 heavy (non-hydrogen) atoms. The minimum Gasteiger partial charge on any atom is -1.00 e. The average Bonchev–Trinajstić information content (AvgIpc) is 3.73. The molecule has 4 aromatic carbocycles. The topological polar surface area (TPSA) is 0 Å². The van der Waals surface area contributed by atoms with Crippen molar-refractivity contribution in [3.05, 3.63) is 153 Å². The first-order valence-electron chi connectivity index (χ1n) is 18.3. The van der Waals surface area contributed by atoms with Crippen LogP contribution in [0.2, 0.25) is 0 Å². The van der Waals surface area contributed by atoms with Crippen LogP contribution in [0.15, 0.2) is 119 Å². The van der Waals surface area contributed by atoms with Gasteiger partial charge < -0.3 is 24.8 Å². The van der Waals surface area contributed by atoms with E-state index >= 15 is 0 Å². The number of hydrogen-bond acceptors (Lipinski definition) is 0. The van der Waals surface area contributed by atoms with Crippen molar-refractivity contribution in [2.75, 3.05) is 0 Å². The third-order valence-electron chi connectivity index (χ3n) is 13.2. The van der Waals surface area contributed by atoms with Gasteiger partial charge in [-0.2, -0.15) is 0 Å². The molecule has 4 fully saturated rings. The molecule has 4 aromatic rings. The largest absolute Gasteiger partial charge is 1.00 e. The Kier molecular flexibility index (Phi) is 9.45. The molecule has 0 amide bonds. The van der Waals surface area contributed by atoms with E-state index in [-0.39, 0.29) is 35.6 Å². The summed E-state index contributed by atoms with van der Waals surface area (Å²) in [5.74, 6) is 3.75. The van der Waals surface area contributed by atoms with Gasteiger partial charge in [0, 0.05) is 0 Å². The molecule has 0 aromatic heterocycles. The van der Waals surface area contributed by atoms with E-state index in [4.69, 9.17) is 0 Å². The Morgan fingerprint density at radius 1 is 0.551 bits per heavy atom. The summed E-state index contributed by atoms with van der Waals surface area (Å²) in [4.78, 5) is 0. The third-order valence-corrected chi connectivity index (χ3v) is 19.0. The van der Waals surface area contributed by atoms with Gasteiger partial charge in [-0.05, 0) is 0 Å². The second-order valence-electron chi connectivity index (χ2n) is 16.5. The van der Waals surface area contributed by atoms with E-state index in [1.54, 1.807) is 11.1 Å². The summed E-state index contributed by atoms with van der Waals surface area (Å²) in [6.45, 7) is 9.70. The second-order valence-corrected chi connectivity index (χ2v) is 20.6. The van der Waals surface area contributed by atoms with Crippen molar-refractivity contribution in [1.82, 2.24) is 0 Å². The Morgan fingerprint density at radius 2 is 1.02 bits per heavy atom. The maximum absolute atomic E-state index is 2.68. The van der Waals surface area contributed by atoms with Crippen molar-refractivity contribution in [3.63, 3.8) is 0 Å². The Morgan fingerprint density at radius 3 is 1.45 bits per heavy atom. The average molecular weight is 720 g/mol.